The molecule has 25 heavy (non-hydrogen) atoms. The quantitative estimate of drug-likeness (QED) is 0.778. The summed E-state index contributed by atoms with van der Waals surface area (Å²) in [5, 5.41) is 2.88. The maximum Gasteiger partial charge on any atom is 0.248 e. The van der Waals surface area contributed by atoms with E-state index in [0.717, 1.165) is 16.8 Å². The maximum absolute atomic E-state index is 12.1. The second-order valence-corrected chi connectivity index (χ2v) is 7.73. The zero-order valence-corrected chi connectivity index (χ0v) is 15.3. The Bertz CT molecular complexity index is 870. The highest BCUT2D eigenvalue weighted by Gasteiger charge is 2.10. The Morgan fingerprint density at radius 2 is 1.68 bits per heavy atom. The van der Waals surface area contributed by atoms with E-state index in [1.54, 1.807) is 18.2 Å². The van der Waals surface area contributed by atoms with Gasteiger partial charge in [-0.05, 0) is 48.4 Å². The molecule has 2 rings (SSSR count). The molecule has 0 fully saturated rings. The van der Waals surface area contributed by atoms with Crippen LogP contribution in [0.25, 0.3) is 6.08 Å². The molecule has 5 nitrogen and oxygen atoms in total. The molecular weight excluding hydrogens is 336 g/mol. The molecule has 2 aromatic carbocycles. The molecule has 0 saturated heterocycles. The topological polar surface area (TPSA) is 75.3 Å². The fraction of sp³-hybridized carbons (Fsp3) is 0.211. The Labute approximate surface area is 148 Å². The zero-order chi connectivity index (χ0) is 18.4. The molecule has 0 aromatic heterocycles. The fourth-order valence-corrected chi connectivity index (χ4v) is 3.07. The molecule has 2 N–H and O–H groups in total. The Hall–Kier alpha value is -2.44. The van der Waals surface area contributed by atoms with Crippen LogP contribution in [0.2, 0.25) is 0 Å². The van der Waals surface area contributed by atoms with Gasteiger partial charge in [0.15, 0.2) is 0 Å². The Morgan fingerprint density at radius 3 is 2.28 bits per heavy atom. The van der Waals surface area contributed by atoms with Crippen LogP contribution in [0, 0.1) is 0 Å². The molecule has 0 bridgehead atoms. The van der Waals surface area contributed by atoms with Crippen molar-refractivity contribution in [3.8, 4) is 0 Å². The highest BCUT2D eigenvalue weighted by Crippen LogP contribution is 2.23. The van der Waals surface area contributed by atoms with E-state index < -0.39 is 10.0 Å². The van der Waals surface area contributed by atoms with Crippen molar-refractivity contribution in [2.75, 3.05) is 12.4 Å². The normalized spacial score (nSPS) is 11.8. The van der Waals surface area contributed by atoms with Crippen LogP contribution >= 0.6 is 0 Å². The van der Waals surface area contributed by atoms with Crippen molar-refractivity contribution in [3.63, 3.8) is 0 Å². The lowest BCUT2D eigenvalue weighted by molar-refractivity contribution is -0.111. The summed E-state index contributed by atoms with van der Waals surface area (Å²) in [6.07, 6.45) is 3.07. The smallest absolute Gasteiger partial charge is 0.248 e. The van der Waals surface area contributed by atoms with Crippen LogP contribution in [0.1, 0.15) is 30.9 Å². The number of benzene rings is 2. The predicted molar refractivity (Wildman–Crippen MR) is 101 cm³/mol. The van der Waals surface area contributed by atoms with Crippen LogP contribution in [-0.2, 0) is 14.8 Å². The summed E-state index contributed by atoms with van der Waals surface area (Å²) >= 11 is 0. The van der Waals surface area contributed by atoms with Gasteiger partial charge in [0, 0.05) is 11.8 Å². The van der Waals surface area contributed by atoms with Crippen molar-refractivity contribution in [2.24, 2.45) is 0 Å². The lowest BCUT2D eigenvalue weighted by atomic mass is 10.0. The lowest BCUT2D eigenvalue weighted by Crippen LogP contribution is -2.18. The monoisotopic (exact) mass is 358 g/mol. The number of amides is 1. The average Bonchev–Trinajstić information content (AvgIpc) is 2.60. The van der Waals surface area contributed by atoms with E-state index in [4.69, 9.17) is 0 Å². The van der Waals surface area contributed by atoms with Gasteiger partial charge in [-0.15, -0.1) is 0 Å². The van der Waals surface area contributed by atoms with Crippen molar-refractivity contribution in [2.45, 2.75) is 24.7 Å². The highest BCUT2D eigenvalue weighted by molar-refractivity contribution is 7.89. The maximum atomic E-state index is 12.1. The van der Waals surface area contributed by atoms with Crippen LogP contribution < -0.4 is 10.0 Å². The first-order chi connectivity index (χ1) is 11.8. The molecule has 6 heteroatoms. The van der Waals surface area contributed by atoms with Crippen LogP contribution in [0.15, 0.2) is 59.5 Å². The minimum atomic E-state index is -3.45. The molecule has 0 radical (unpaired) electrons. The Kier molecular flexibility index (Phi) is 6.12. The van der Waals surface area contributed by atoms with Gasteiger partial charge in [-0.3, -0.25) is 4.79 Å². The molecule has 132 valence electrons. The number of hydrogen-bond acceptors (Lipinski definition) is 3. The minimum absolute atomic E-state index is 0.183. The van der Waals surface area contributed by atoms with Gasteiger partial charge >= 0.3 is 0 Å². The van der Waals surface area contributed by atoms with E-state index in [9.17, 15) is 13.2 Å². The summed E-state index contributed by atoms with van der Waals surface area (Å²) < 4.78 is 25.6. The number of para-hydroxylation sites is 1. The van der Waals surface area contributed by atoms with Gasteiger partial charge in [-0.25, -0.2) is 13.1 Å². The first-order valence-corrected chi connectivity index (χ1v) is 9.43. The number of carbonyl (C=O) groups is 1. The standard InChI is InChI=1S/C19H22N2O3S/c1-14(2)17-6-4-5-7-18(17)21-19(22)13-10-15-8-11-16(12-9-15)25(23,24)20-3/h4-14,20H,1-3H3,(H,21,22)/b13-10+. The molecule has 0 aliphatic carbocycles. The summed E-state index contributed by atoms with van der Waals surface area (Å²) in [7, 11) is -2.09. The second kappa shape index (κ2) is 8.09. The third-order valence-electron chi connectivity index (χ3n) is 3.73. The largest absolute Gasteiger partial charge is 0.322 e. The van der Waals surface area contributed by atoms with Gasteiger partial charge in [-0.2, -0.15) is 0 Å². The molecule has 0 aliphatic heterocycles. The van der Waals surface area contributed by atoms with Gasteiger partial charge < -0.3 is 5.32 Å². The third kappa shape index (κ3) is 5.01. The van der Waals surface area contributed by atoms with E-state index in [-0.39, 0.29) is 10.8 Å². The molecule has 0 aliphatic rings. The summed E-state index contributed by atoms with van der Waals surface area (Å²) in [6.45, 7) is 4.14. The van der Waals surface area contributed by atoms with Crippen molar-refractivity contribution in [3.05, 3.63) is 65.7 Å². The first kappa shape index (κ1) is 18.9. The third-order valence-corrected chi connectivity index (χ3v) is 5.16. The van der Waals surface area contributed by atoms with Crippen LogP contribution in [0.4, 0.5) is 5.69 Å². The minimum Gasteiger partial charge on any atom is -0.322 e. The van der Waals surface area contributed by atoms with E-state index in [1.807, 2.05) is 24.3 Å². The number of sulfonamides is 1. The summed E-state index contributed by atoms with van der Waals surface area (Å²) in [6, 6.07) is 14.0. The van der Waals surface area contributed by atoms with E-state index in [0.29, 0.717) is 5.92 Å². The predicted octanol–water partition coefficient (Wildman–Crippen LogP) is 3.37. The molecule has 0 unspecified atom stereocenters. The number of carbonyl (C=O) groups excluding carboxylic acids is 1. The summed E-state index contributed by atoms with van der Waals surface area (Å²) in [5.74, 6) is 0.0715. The molecule has 0 spiro atoms. The second-order valence-electron chi connectivity index (χ2n) is 5.84. The SMILES string of the molecule is CNS(=O)(=O)c1ccc(/C=C/C(=O)Nc2ccccc2C(C)C)cc1. The number of rotatable bonds is 6. The van der Waals surface area contributed by atoms with Crippen molar-refractivity contribution in [1.29, 1.82) is 0 Å². The van der Waals surface area contributed by atoms with E-state index in [1.165, 1.54) is 25.3 Å². The summed E-state index contributed by atoms with van der Waals surface area (Å²) in [5.41, 5.74) is 2.61. The number of anilines is 1. The van der Waals surface area contributed by atoms with Gasteiger partial charge in [0.2, 0.25) is 15.9 Å². The van der Waals surface area contributed by atoms with E-state index in [2.05, 4.69) is 23.9 Å². The van der Waals surface area contributed by atoms with Crippen LogP contribution in [0.5, 0.6) is 0 Å². The lowest BCUT2D eigenvalue weighted by Gasteiger charge is -2.12. The zero-order valence-electron chi connectivity index (χ0n) is 14.5. The van der Waals surface area contributed by atoms with Crippen molar-refractivity contribution >= 4 is 27.7 Å². The van der Waals surface area contributed by atoms with Crippen molar-refractivity contribution < 1.29 is 13.2 Å². The van der Waals surface area contributed by atoms with Crippen molar-refractivity contribution in [1.82, 2.24) is 4.72 Å². The van der Waals surface area contributed by atoms with E-state index >= 15 is 0 Å². The first-order valence-electron chi connectivity index (χ1n) is 7.95. The molecule has 2 aromatic rings. The van der Waals surface area contributed by atoms with Gasteiger partial charge in [0.1, 0.15) is 0 Å². The number of nitrogens with one attached hydrogen (secondary N) is 2. The summed E-state index contributed by atoms with van der Waals surface area (Å²) in [4.78, 5) is 12.3. The van der Waals surface area contributed by atoms with Crippen LogP contribution in [0.3, 0.4) is 0 Å². The van der Waals surface area contributed by atoms with Gasteiger partial charge in [0.05, 0.1) is 4.90 Å². The molecule has 0 heterocycles. The molecule has 1 amide bonds. The average molecular weight is 358 g/mol. The van der Waals surface area contributed by atoms with Crippen LogP contribution in [-0.4, -0.2) is 21.4 Å². The molecule has 0 atom stereocenters. The van der Waals surface area contributed by atoms with Gasteiger partial charge in [-0.1, -0.05) is 44.2 Å². The molecular formula is C19H22N2O3S. The molecule has 0 saturated carbocycles. The Balaban J connectivity index is 2.08. The fourth-order valence-electron chi connectivity index (χ4n) is 2.34. The Morgan fingerprint density at radius 1 is 1.04 bits per heavy atom. The highest BCUT2D eigenvalue weighted by atomic mass is 32.2. The van der Waals surface area contributed by atoms with Gasteiger partial charge in [0.25, 0.3) is 0 Å². The number of hydrogen-bond donors (Lipinski definition) is 2.